The quantitative estimate of drug-likeness (QED) is 0.772. The van der Waals surface area contributed by atoms with Gasteiger partial charge in [0.15, 0.2) is 15.6 Å². The number of hydrogen-bond acceptors (Lipinski definition) is 4. The van der Waals surface area contributed by atoms with Crippen LogP contribution in [-0.2, 0) is 16.0 Å². The van der Waals surface area contributed by atoms with Crippen LogP contribution in [0.15, 0.2) is 18.3 Å². The number of hydrogen-bond donors (Lipinski definition) is 0. The van der Waals surface area contributed by atoms with Gasteiger partial charge in [-0.3, -0.25) is 9.78 Å². The molecule has 0 aromatic carbocycles. The summed E-state index contributed by atoms with van der Waals surface area (Å²) in [5, 5.41) is -1.22. The van der Waals surface area contributed by atoms with E-state index >= 15 is 0 Å². The molecule has 0 saturated carbocycles. The van der Waals surface area contributed by atoms with Gasteiger partial charge < -0.3 is 0 Å². The highest BCUT2D eigenvalue weighted by Crippen LogP contribution is 2.41. The topological polar surface area (TPSA) is 64.1 Å². The minimum Gasteiger partial charge on any atom is -0.292 e. The molecule has 8 heteroatoms. The lowest BCUT2D eigenvalue weighted by Gasteiger charge is -2.38. The number of rotatable bonds is 2. The molecule has 1 aromatic rings. The monoisotopic (exact) mass is 347 g/mol. The zero-order valence-corrected chi connectivity index (χ0v) is 13.0. The molecule has 2 fully saturated rings. The highest BCUT2D eigenvalue weighted by molar-refractivity contribution is 7.92. The smallest absolute Gasteiger partial charge is 0.292 e. The lowest BCUT2D eigenvalue weighted by molar-refractivity contribution is -0.138. The average Bonchev–Trinajstić information content (AvgIpc) is 2.44. The van der Waals surface area contributed by atoms with Crippen molar-refractivity contribution in [1.29, 1.82) is 0 Å². The summed E-state index contributed by atoms with van der Waals surface area (Å²) in [7, 11) is -3.25. The number of alkyl halides is 3. The van der Waals surface area contributed by atoms with E-state index in [4.69, 9.17) is 0 Å². The number of halogens is 3. The van der Waals surface area contributed by atoms with Gasteiger partial charge in [-0.05, 0) is 37.8 Å². The Labute approximate surface area is 132 Å². The molecule has 0 amide bonds. The first-order chi connectivity index (χ1) is 10.7. The van der Waals surface area contributed by atoms with E-state index in [9.17, 15) is 26.4 Å². The number of fused-ring (bicyclic) bond motifs is 2. The van der Waals surface area contributed by atoms with Crippen LogP contribution in [0.4, 0.5) is 13.2 Å². The Morgan fingerprint density at radius 3 is 2.35 bits per heavy atom. The van der Waals surface area contributed by atoms with Crippen molar-refractivity contribution in [2.24, 2.45) is 5.92 Å². The largest absolute Gasteiger partial charge is 0.418 e. The van der Waals surface area contributed by atoms with E-state index in [0.29, 0.717) is 12.8 Å². The molecule has 126 valence electrons. The fraction of sp³-hybridized carbons (Fsp3) is 0.600. The third kappa shape index (κ3) is 2.88. The van der Waals surface area contributed by atoms with E-state index in [1.807, 2.05) is 0 Å². The van der Waals surface area contributed by atoms with E-state index in [1.165, 1.54) is 0 Å². The fourth-order valence-electron chi connectivity index (χ4n) is 3.65. The van der Waals surface area contributed by atoms with Crippen LogP contribution in [0.5, 0.6) is 0 Å². The van der Waals surface area contributed by atoms with Gasteiger partial charge in [0.05, 0.1) is 16.1 Å². The fourth-order valence-corrected chi connectivity index (χ4v) is 6.18. The zero-order valence-electron chi connectivity index (χ0n) is 12.2. The number of carbonyl (C=O) groups excluding carboxylic acids is 1. The Balaban J connectivity index is 1.91. The molecular weight excluding hydrogens is 331 g/mol. The van der Waals surface area contributed by atoms with E-state index < -0.39 is 49.5 Å². The predicted molar refractivity (Wildman–Crippen MR) is 76.6 cm³/mol. The summed E-state index contributed by atoms with van der Waals surface area (Å²) in [5.41, 5.74) is -1.65. The van der Waals surface area contributed by atoms with Crippen molar-refractivity contribution in [3.63, 3.8) is 0 Å². The molecule has 0 N–H and O–H groups in total. The molecule has 4 nitrogen and oxygen atoms in total. The number of Topliss-reactive ketones (excluding diaryl/α,β-unsaturated/α-hetero) is 1. The summed E-state index contributed by atoms with van der Waals surface area (Å²) < 4.78 is 63.6. The van der Waals surface area contributed by atoms with Crippen LogP contribution in [-0.4, -0.2) is 29.7 Å². The molecule has 2 saturated heterocycles. The Hall–Kier alpha value is -1.44. The van der Waals surface area contributed by atoms with Gasteiger partial charge in [0.25, 0.3) is 0 Å². The van der Waals surface area contributed by atoms with Crippen molar-refractivity contribution in [2.75, 3.05) is 0 Å². The SMILES string of the molecule is O=C(c1ncccc1C(F)(F)F)C1CC2CCCC(C1)S2(=O)=O. The number of sulfone groups is 1. The first kappa shape index (κ1) is 16.4. The van der Waals surface area contributed by atoms with Crippen LogP contribution in [0, 0.1) is 5.92 Å². The Morgan fingerprint density at radius 2 is 1.78 bits per heavy atom. The number of pyridine rings is 1. The number of aromatic nitrogens is 1. The summed E-state index contributed by atoms with van der Waals surface area (Å²) in [6.07, 6.45) is -1.55. The van der Waals surface area contributed by atoms with Crippen molar-refractivity contribution in [3.8, 4) is 0 Å². The van der Waals surface area contributed by atoms with Crippen molar-refractivity contribution in [2.45, 2.75) is 48.8 Å². The Bertz CT molecular complexity index is 710. The molecule has 1 aromatic heterocycles. The van der Waals surface area contributed by atoms with Gasteiger partial charge >= 0.3 is 6.18 Å². The van der Waals surface area contributed by atoms with Crippen molar-refractivity contribution in [1.82, 2.24) is 4.98 Å². The molecule has 2 bridgehead atoms. The van der Waals surface area contributed by atoms with Crippen molar-refractivity contribution in [3.05, 3.63) is 29.6 Å². The van der Waals surface area contributed by atoms with E-state index in [2.05, 4.69) is 4.98 Å². The first-order valence-corrected chi connectivity index (χ1v) is 9.11. The van der Waals surface area contributed by atoms with Crippen LogP contribution >= 0.6 is 0 Å². The van der Waals surface area contributed by atoms with Crippen LogP contribution in [0.2, 0.25) is 0 Å². The van der Waals surface area contributed by atoms with Crippen LogP contribution in [0.3, 0.4) is 0 Å². The minimum atomic E-state index is -4.66. The van der Waals surface area contributed by atoms with Crippen molar-refractivity contribution >= 4 is 15.6 Å². The van der Waals surface area contributed by atoms with Gasteiger partial charge in [0.2, 0.25) is 0 Å². The molecule has 3 heterocycles. The van der Waals surface area contributed by atoms with Crippen LogP contribution in [0.1, 0.15) is 48.2 Å². The van der Waals surface area contributed by atoms with E-state index in [1.54, 1.807) is 0 Å². The average molecular weight is 347 g/mol. The molecule has 2 unspecified atom stereocenters. The molecule has 2 atom stereocenters. The third-order valence-corrected chi connectivity index (χ3v) is 7.51. The number of nitrogens with zero attached hydrogens (tertiary/aromatic N) is 1. The molecule has 0 spiro atoms. The molecular formula is C15H16F3NO3S. The van der Waals surface area contributed by atoms with E-state index in [-0.39, 0.29) is 12.8 Å². The van der Waals surface area contributed by atoms with Crippen molar-refractivity contribution < 1.29 is 26.4 Å². The summed E-state index contributed by atoms with van der Waals surface area (Å²) in [5.74, 6) is -1.39. The second kappa shape index (κ2) is 5.58. The zero-order chi connectivity index (χ0) is 16.8. The number of carbonyl (C=O) groups is 1. The van der Waals surface area contributed by atoms with E-state index in [0.717, 1.165) is 24.8 Å². The summed E-state index contributed by atoms with van der Waals surface area (Å²) in [4.78, 5) is 16.2. The van der Waals surface area contributed by atoms with Gasteiger partial charge in [-0.1, -0.05) is 6.42 Å². The summed E-state index contributed by atoms with van der Waals surface area (Å²) >= 11 is 0. The standard InChI is InChI=1S/C15H16F3NO3S/c16-15(17,18)12-5-2-6-19-13(12)14(20)9-7-10-3-1-4-11(8-9)23(10,21)22/h2,5-6,9-11H,1,3-4,7-8H2. The van der Waals surface area contributed by atoms with Gasteiger partial charge in [-0.25, -0.2) is 8.42 Å². The molecule has 2 aliphatic rings. The summed E-state index contributed by atoms with van der Waals surface area (Å²) in [6.45, 7) is 0. The molecule has 2 aliphatic heterocycles. The Morgan fingerprint density at radius 1 is 1.17 bits per heavy atom. The molecule has 0 radical (unpaired) electrons. The second-order valence-corrected chi connectivity index (χ2v) is 8.71. The van der Waals surface area contributed by atoms with Gasteiger partial charge in [-0.15, -0.1) is 0 Å². The van der Waals surface area contributed by atoms with Gasteiger partial charge in [0, 0.05) is 12.1 Å². The van der Waals surface area contributed by atoms with Gasteiger partial charge in [0.1, 0.15) is 5.69 Å². The third-order valence-electron chi connectivity index (χ3n) is 4.79. The predicted octanol–water partition coefficient (Wildman–Crippen LogP) is 3.03. The maximum Gasteiger partial charge on any atom is 0.418 e. The molecule has 3 rings (SSSR count). The van der Waals surface area contributed by atoms with Gasteiger partial charge in [-0.2, -0.15) is 13.2 Å². The maximum absolute atomic E-state index is 13.0. The molecule has 23 heavy (non-hydrogen) atoms. The van der Waals surface area contributed by atoms with Crippen LogP contribution < -0.4 is 0 Å². The lowest BCUT2D eigenvalue weighted by atomic mass is 9.85. The summed E-state index contributed by atoms with van der Waals surface area (Å²) in [6, 6.07) is 1.97. The minimum absolute atomic E-state index is 0.103. The Kier molecular flexibility index (Phi) is 3.98. The van der Waals surface area contributed by atoms with Crippen LogP contribution in [0.25, 0.3) is 0 Å². The lowest BCUT2D eigenvalue weighted by Crippen LogP contribution is -2.45. The molecule has 0 aliphatic carbocycles. The second-order valence-electron chi connectivity index (χ2n) is 6.19. The maximum atomic E-state index is 13.0. The first-order valence-electron chi connectivity index (χ1n) is 7.50. The normalized spacial score (nSPS) is 30.0. The highest BCUT2D eigenvalue weighted by Gasteiger charge is 2.47. The highest BCUT2D eigenvalue weighted by atomic mass is 32.2. The number of ketones is 1.